The lowest BCUT2D eigenvalue weighted by Crippen LogP contribution is -2.41. The molecule has 1 aromatic heterocycles. The number of primary sulfonamides is 1. The Bertz CT molecular complexity index is 934. The summed E-state index contributed by atoms with van der Waals surface area (Å²) in [6.07, 6.45) is 1.70. The molecule has 0 aliphatic heterocycles. The van der Waals surface area contributed by atoms with Crippen molar-refractivity contribution >= 4 is 28.7 Å². The number of nitrogens with two attached hydrogens (primary N) is 1. The molecule has 1 aromatic carbocycles. The highest BCUT2D eigenvalue weighted by Crippen LogP contribution is 2.34. The average Bonchev–Trinajstić information content (AvgIpc) is 2.67. The summed E-state index contributed by atoms with van der Waals surface area (Å²) in [4.78, 5) is 20.7. The summed E-state index contributed by atoms with van der Waals surface area (Å²) < 4.78 is 48.3. The molecule has 0 saturated carbocycles. The number of halogens is 1. The highest BCUT2D eigenvalue weighted by atomic mass is 32.2. The summed E-state index contributed by atoms with van der Waals surface area (Å²) in [5, 5.41) is 3.91. The van der Waals surface area contributed by atoms with Crippen LogP contribution in [-0.4, -0.2) is 48.1 Å². The zero-order chi connectivity index (χ0) is 21.1. The zero-order valence-corrected chi connectivity index (χ0v) is 16.9. The molecule has 0 fully saturated rings. The molecule has 1 heterocycles. The van der Waals surface area contributed by atoms with Gasteiger partial charge in [0, 0.05) is 0 Å². The summed E-state index contributed by atoms with van der Waals surface area (Å²) in [7, 11) is -1.41. The maximum absolute atomic E-state index is 13.2. The molecule has 2 atom stereocenters. The van der Waals surface area contributed by atoms with Gasteiger partial charge in [0.2, 0.25) is 10.0 Å². The molecule has 2 aromatic rings. The van der Waals surface area contributed by atoms with Crippen LogP contribution in [0.2, 0.25) is 0 Å². The summed E-state index contributed by atoms with van der Waals surface area (Å²) in [5.74, 6) is -1.25. The van der Waals surface area contributed by atoms with E-state index in [9.17, 15) is 17.6 Å². The normalized spacial score (nSPS) is 13.5. The number of rotatable bonds is 7. The number of methoxy groups -OCH3 is 2. The number of thiol groups is 1. The van der Waals surface area contributed by atoms with E-state index in [0.717, 1.165) is 16.7 Å². The van der Waals surface area contributed by atoms with Gasteiger partial charge in [-0.2, -0.15) is 0 Å². The fraction of sp³-hybridized carbons (Fsp3) is 0.312. The van der Waals surface area contributed by atoms with Gasteiger partial charge in [-0.25, -0.2) is 27.9 Å². The molecule has 1 amide bonds. The van der Waals surface area contributed by atoms with Crippen molar-refractivity contribution in [2.24, 2.45) is 5.14 Å². The molecule has 0 radical (unpaired) electrons. The Morgan fingerprint density at radius 1 is 1.21 bits per heavy atom. The van der Waals surface area contributed by atoms with Gasteiger partial charge in [0.05, 0.1) is 26.6 Å². The Balaban J connectivity index is 2.58. The largest absolute Gasteiger partial charge is 0.496 e. The van der Waals surface area contributed by atoms with E-state index in [1.807, 2.05) is 0 Å². The Morgan fingerprint density at radius 2 is 1.71 bits per heavy atom. The van der Waals surface area contributed by atoms with Gasteiger partial charge in [-0.1, -0.05) is 18.9 Å². The van der Waals surface area contributed by atoms with E-state index in [4.69, 9.17) is 14.6 Å². The van der Waals surface area contributed by atoms with Crippen molar-refractivity contribution in [3.05, 3.63) is 47.8 Å². The number of hydrogen-bond donors (Lipinski definition) is 2. The van der Waals surface area contributed by atoms with Crippen molar-refractivity contribution in [3.8, 4) is 11.5 Å². The van der Waals surface area contributed by atoms with E-state index in [2.05, 4.69) is 22.8 Å². The monoisotopic (exact) mass is 430 g/mol. The molecular weight excluding hydrogens is 411 g/mol. The molecule has 0 spiro atoms. The highest BCUT2D eigenvalue weighted by molar-refractivity contribution is 7.89. The number of carbonyl (C=O) groups excluding carboxylic acids is 1. The van der Waals surface area contributed by atoms with Crippen LogP contribution in [0.5, 0.6) is 11.5 Å². The molecule has 152 valence electrons. The molecular formula is C16H19FN4O5S2. The van der Waals surface area contributed by atoms with Crippen molar-refractivity contribution in [1.82, 2.24) is 14.3 Å². The first-order valence-electron chi connectivity index (χ1n) is 7.84. The van der Waals surface area contributed by atoms with Crippen LogP contribution in [0.3, 0.4) is 0 Å². The Hall–Kier alpha value is -2.44. The van der Waals surface area contributed by atoms with Gasteiger partial charge in [0.25, 0.3) is 5.91 Å². The van der Waals surface area contributed by atoms with Crippen molar-refractivity contribution < 1.29 is 27.1 Å². The van der Waals surface area contributed by atoms with E-state index in [1.54, 1.807) is 6.07 Å². The number of benzene rings is 1. The lowest BCUT2D eigenvalue weighted by Gasteiger charge is -2.30. The van der Waals surface area contributed by atoms with Gasteiger partial charge in [0.15, 0.2) is 11.6 Å². The summed E-state index contributed by atoms with van der Waals surface area (Å²) in [6.45, 7) is 1.27. The lowest BCUT2D eigenvalue weighted by molar-refractivity contribution is 0.0824. The smallest absolute Gasteiger partial charge is 0.271 e. The third kappa shape index (κ3) is 4.51. The number of hydrogen-bond acceptors (Lipinski definition) is 8. The fourth-order valence-corrected chi connectivity index (χ4v) is 3.57. The van der Waals surface area contributed by atoms with Gasteiger partial charge >= 0.3 is 0 Å². The minimum absolute atomic E-state index is 0.0104. The molecule has 9 nitrogen and oxygen atoms in total. The van der Waals surface area contributed by atoms with Crippen LogP contribution in [0.15, 0.2) is 30.6 Å². The van der Waals surface area contributed by atoms with Crippen LogP contribution in [0, 0.1) is 5.82 Å². The van der Waals surface area contributed by atoms with Crippen molar-refractivity contribution in [1.29, 1.82) is 0 Å². The van der Waals surface area contributed by atoms with Gasteiger partial charge in [0.1, 0.15) is 28.4 Å². The van der Waals surface area contributed by atoms with E-state index >= 15 is 0 Å². The molecule has 28 heavy (non-hydrogen) atoms. The predicted octanol–water partition coefficient (Wildman–Crippen LogP) is 1.34. The third-order valence-electron chi connectivity index (χ3n) is 3.98. The maximum atomic E-state index is 13.2. The van der Waals surface area contributed by atoms with Crippen LogP contribution in [-0.2, 0) is 10.0 Å². The van der Waals surface area contributed by atoms with Crippen molar-refractivity contribution in [2.75, 3.05) is 14.2 Å². The number of aromatic nitrogens is 2. The summed E-state index contributed by atoms with van der Waals surface area (Å²) in [5.41, 5.74) is 0.0104. The van der Waals surface area contributed by atoms with Crippen LogP contribution in [0.4, 0.5) is 4.39 Å². The van der Waals surface area contributed by atoms with Gasteiger partial charge < -0.3 is 9.47 Å². The Morgan fingerprint density at radius 3 is 2.14 bits per heavy atom. The number of ether oxygens (including phenoxy) is 2. The fourth-order valence-electron chi connectivity index (χ4n) is 2.48. The molecule has 2 N–H and O–H groups in total. The average molecular weight is 430 g/mol. The highest BCUT2D eigenvalue weighted by Gasteiger charge is 2.38. The van der Waals surface area contributed by atoms with Crippen molar-refractivity contribution in [2.45, 2.75) is 18.2 Å². The predicted molar refractivity (Wildman–Crippen MR) is 102 cm³/mol. The number of carbonyl (C=O) groups is 1. The second-order valence-corrected chi connectivity index (χ2v) is 8.04. The summed E-state index contributed by atoms with van der Waals surface area (Å²) >= 11 is 4.19. The van der Waals surface area contributed by atoms with E-state index in [-0.39, 0.29) is 22.9 Å². The number of amides is 1. The lowest BCUT2D eigenvalue weighted by atomic mass is 10.1. The molecule has 2 rings (SSSR count). The van der Waals surface area contributed by atoms with E-state index in [0.29, 0.717) is 0 Å². The van der Waals surface area contributed by atoms with Crippen molar-refractivity contribution in [3.63, 3.8) is 0 Å². The Kier molecular flexibility index (Phi) is 6.80. The van der Waals surface area contributed by atoms with Gasteiger partial charge in [-0.05, 0) is 19.1 Å². The number of sulfonamides is 1. The quantitative estimate of drug-likeness (QED) is 0.635. The topological polar surface area (TPSA) is 125 Å². The maximum Gasteiger partial charge on any atom is 0.271 e. The standard InChI is InChI=1S/C16H19FN4O5S2/c1-9(28(18,23)24)14(15-19-7-10(17)8-20-15)21(27)16(22)13-11(25-2)5-4-6-12(13)26-3/h4-9,14,27H,1-3H3,(H2,18,23,24)/t9-,14?/m1/s1. The Labute approximate surface area is 167 Å². The van der Waals surface area contributed by atoms with E-state index < -0.39 is 33.0 Å². The molecule has 12 heteroatoms. The second kappa shape index (κ2) is 8.71. The minimum atomic E-state index is -4.13. The van der Waals surface area contributed by atoms with Crippen LogP contribution in [0.25, 0.3) is 0 Å². The molecule has 0 bridgehead atoms. The molecule has 0 saturated heterocycles. The van der Waals surface area contributed by atoms with Crippen LogP contribution >= 0.6 is 12.8 Å². The summed E-state index contributed by atoms with van der Waals surface area (Å²) in [6, 6.07) is 3.36. The first-order chi connectivity index (χ1) is 13.1. The number of nitrogens with zero attached hydrogens (tertiary/aromatic N) is 3. The van der Waals surface area contributed by atoms with Gasteiger partial charge in [-0.3, -0.25) is 9.10 Å². The molecule has 0 aliphatic rings. The van der Waals surface area contributed by atoms with Crippen LogP contribution < -0.4 is 14.6 Å². The van der Waals surface area contributed by atoms with Gasteiger partial charge in [-0.15, -0.1) is 0 Å². The van der Waals surface area contributed by atoms with Crippen LogP contribution in [0.1, 0.15) is 29.1 Å². The zero-order valence-electron chi connectivity index (χ0n) is 15.2. The first-order valence-corrected chi connectivity index (χ1v) is 9.85. The first kappa shape index (κ1) is 21.9. The molecule has 0 aliphatic carbocycles. The SMILES string of the molecule is COc1cccc(OC)c1C(=O)N(S)C(c1ncc(F)cn1)[C@@H](C)S(N)(=O)=O. The third-order valence-corrected chi connectivity index (χ3v) is 5.71. The second-order valence-electron chi connectivity index (χ2n) is 5.69. The minimum Gasteiger partial charge on any atom is -0.496 e. The van der Waals surface area contributed by atoms with E-state index in [1.165, 1.54) is 33.3 Å². The molecule has 1 unspecified atom stereocenters.